The molecule has 0 aliphatic carbocycles. The molecule has 2 rings (SSSR count). The van der Waals surface area contributed by atoms with Crippen LogP contribution in [0.2, 0.25) is 0 Å². The fourth-order valence-corrected chi connectivity index (χ4v) is 1.63. The van der Waals surface area contributed by atoms with Crippen LogP contribution < -0.4 is 10.1 Å². The van der Waals surface area contributed by atoms with E-state index in [0.717, 1.165) is 0 Å². The van der Waals surface area contributed by atoms with Crippen LogP contribution in [-0.4, -0.2) is 35.7 Å². The molecule has 1 heterocycles. The van der Waals surface area contributed by atoms with Gasteiger partial charge in [0.25, 0.3) is 0 Å². The second kappa shape index (κ2) is 7.21. The summed E-state index contributed by atoms with van der Waals surface area (Å²) in [5, 5.41) is 6.15. The lowest BCUT2D eigenvalue weighted by Crippen LogP contribution is -2.32. The zero-order valence-electron chi connectivity index (χ0n) is 12.2. The lowest BCUT2D eigenvalue weighted by atomic mass is 10.2. The molecule has 0 atom stereocenters. The molecule has 0 saturated carbocycles. The van der Waals surface area contributed by atoms with Crippen LogP contribution in [0.15, 0.2) is 28.8 Å². The Balaban J connectivity index is 1.99. The molecule has 8 heteroatoms. The molecule has 2 aromatic rings. The van der Waals surface area contributed by atoms with Gasteiger partial charge in [-0.15, -0.1) is 0 Å². The Kier molecular flexibility index (Phi) is 5.07. The maximum atomic E-state index is 11.4. The van der Waals surface area contributed by atoms with Crippen LogP contribution in [0.25, 0.3) is 11.4 Å². The van der Waals surface area contributed by atoms with Gasteiger partial charge in [-0.05, 0) is 19.1 Å². The van der Waals surface area contributed by atoms with Crippen molar-refractivity contribution in [1.29, 1.82) is 0 Å². The number of hydrogen-bond donors (Lipinski definition) is 1. The average Bonchev–Trinajstić information content (AvgIpc) is 3.02. The predicted octanol–water partition coefficient (Wildman–Crippen LogP) is 0.924. The van der Waals surface area contributed by atoms with Crippen molar-refractivity contribution in [3.8, 4) is 17.1 Å². The van der Waals surface area contributed by atoms with Crippen molar-refractivity contribution in [2.45, 2.75) is 13.5 Å². The fraction of sp³-hybridized carbons (Fsp3) is 0.286. The van der Waals surface area contributed by atoms with E-state index in [9.17, 15) is 9.59 Å². The van der Waals surface area contributed by atoms with Gasteiger partial charge in [-0.25, -0.2) is 4.79 Å². The van der Waals surface area contributed by atoms with Gasteiger partial charge in [-0.1, -0.05) is 17.3 Å². The van der Waals surface area contributed by atoms with Gasteiger partial charge < -0.3 is 19.3 Å². The number of esters is 1. The Morgan fingerprint density at radius 1 is 1.36 bits per heavy atom. The largest absolute Gasteiger partial charge is 0.497 e. The van der Waals surface area contributed by atoms with E-state index in [1.807, 2.05) is 0 Å². The highest BCUT2D eigenvalue weighted by Crippen LogP contribution is 2.21. The van der Waals surface area contributed by atoms with Gasteiger partial charge >= 0.3 is 11.9 Å². The van der Waals surface area contributed by atoms with Crippen molar-refractivity contribution in [1.82, 2.24) is 15.5 Å². The zero-order valence-corrected chi connectivity index (χ0v) is 12.2. The first kappa shape index (κ1) is 15.5. The summed E-state index contributed by atoms with van der Waals surface area (Å²) in [5.74, 6) is -0.604. The molecule has 0 spiro atoms. The van der Waals surface area contributed by atoms with Gasteiger partial charge in [0, 0.05) is 5.56 Å². The van der Waals surface area contributed by atoms with Crippen molar-refractivity contribution in [3.05, 3.63) is 30.2 Å². The summed E-state index contributed by atoms with van der Waals surface area (Å²) in [7, 11) is 1.56. The highest BCUT2D eigenvalue weighted by atomic mass is 16.5. The molecule has 116 valence electrons. The second-order valence-corrected chi connectivity index (χ2v) is 4.15. The van der Waals surface area contributed by atoms with Crippen molar-refractivity contribution >= 4 is 11.9 Å². The first-order valence-corrected chi connectivity index (χ1v) is 6.56. The minimum Gasteiger partial charge on any atom is -0.497 e. The third kappa shape index (κ3) is 3.81. The number of rotatable bonds is 5. The highest BCUT2D eigenvalue weighted by Gasteiger charge is 2.16. The number of ether oxygens (including phenoxy) is 2. The SMILES string of the molecule is CCOC(=O)C(=O)NCc1nc(-c2cccc(OC)c2)no1. The topological polar surface area (TPSA) is 104 Å². The number of methoxy groups -OCH3 is 1. The first-order valence-electron chi connectivity index (χ1n) is 6.56. The van der Waals surface area contributed by atoms with Crippen LogP contribution in [0.1, 0.15) is 12.8 Å². The van der Waals surface area contributed by atoms with Gasteiger partial charge in [0.1, 0.15) is 5.75 Å². The van der Waals surface area contributed by atoms with Gasteiger partial charge in [0.2, 0.25) is 11.7 Å². The molecule has 0 aliphatic heterocycles. The Labute approximate surface area is 126 Å². The van der Waals surface area contributed by atoms with Crippen molar-refractivity contribution < 1.29 is 23.6 Å². The standard InChI is InChI=1S/C14H15N3O5/c1-3-21-14(19)13(18)15-8-11-16-12(17-22-11)9-5-4-6-10(7-9)20-2/h4-7H,3,8H2,1-2H3,(H,15,18). The van der Waals surface area contributed by atoms with E-state index in [4.69, 9.17) is 9.26 Å². The Morgan fingerprint density at radius 3 is 2.91 bits per heavy atom. The second-order valence-electron chi connectivity index (χ2n) is 4.15. The van der Waals surface area contributed by atoms with E-state index < -0.39 is 11.9 Å². The van der Waals surface area contributed by atoms with Gasteiger partial charge in [0.05, 0.1) is 20.3 Å². The van der Waals surface area contributed by atoms with Crippen LogP contribution in [0.5, 0.6) is 5.75 Å². The maximum absolute atomic E-state index is 11.4. The molecule has 8 nitrogen and oxygen atoms in total. The molecular weight excluding hydrogens is 290 g/mol. The van der Waals surface area contributed by atoms with Gasteiger partial charge in [-0.2, -0.15) is 4.98 Å². The number of carbonyl (C=O) groups is 2. The summed E-state index contributed by atoms with van der Waals surface area (Å²) >= 11 is 0. The Morgan fingerprint density at radius 2 is 2.18 bits per heavy atom. The molecule has 0 unspecified atom stereocenters. The lowest BCUT2D eigenvalue weighted by Gasteiger charge is -2.01. The van der Waals surface area contributed by atoms with Crippen molar-refractivity contribution in [2.24, 2.45) is 0 Å². The monoisotopic (exact) mass is 305 g/mol. The molecule has 0 aliphatic rings. The number of nitrogens with one attached hydrogen (secondary N) is 1. The molecule has 0 bridgehead atoms. The summed E-state index contributed by atoms with van der Waals surface area (Å²) in [6.07, 6.45) is 0. The smallest absolute Gasteiger partial charge is 0.396 e. The fourth-order valence-electron chi connectivity index (χ4n) is 1.63. The molecule has 0 saturated heterocycles. The van der Waals surface area contributed by atoms with E-state index in [1.165, 1.54) is 0 Å². The number of nitrogens with zero attached hydrogens (tertiary/aromatic N) is 2. The maximum Gasteiger partial charge on any atom is 0.396 e. The normalized spacial score (nSPS) is 10.1. The number of carbonyl (C=O) groups excluding carboxylic acids is 2. The van der Waals surface area contributed by atoms with E-state index >= 15 is 0 Å². The Hall–Kier alpha value is -2.90. The molecular formula is C14H15N3O5. The number of aromatic nitrogens is 2. The van der Waals surface area contributed by atoms with Crippen LogP contribution in [-0.2, 0) is 20.9 Å². The Bertz CT molecular complexity index is 668. The van der Waals surface area contributed by atoms with Crippen LogP contribution in [0.4, 0.5) is 0 Å². The lowest BCUT2D eigenvalue weighted by molar-refractivity contribution is -0.154. The predicted molar refractivity (Wildman–Crippen MR) is 74.8 cm³/mol. The van der Waals surface area contributed by atoms with Crippen molar-refractivity contribution in [3.63, 3.8) is 0 Å². The highest BCUT2D eigenvalue weighted by molar-refractivity contribution is 6.32. The molecule has 0 fully saturated rings. The van der Waals surface area contributed by atoms with Gasteiger partial charge in [0.15, 0.2) is 0 Å². The van der Waals surface area contributed by atoms with Crippen molar-refractivity contribution in [2.75, 3.05) is 13.7 Å². The summed E-state index contributed by atoms with van der Waals surface area (Å²) in [4.78, 5) is 26.7. The number of benzene rings is 1. The van der Waals surface area contributed by atoms with Crippen LogP contribution in [0, 0.1) is 0 Å². The molecule has 22 heavy (non-hydrogen) atoms. The quantitative estimate of drug-likeness (QED) is 0.647. The minimum absolute atomic E-state index is 0.0609. The molecule has 1 aromatic carbocycles. The van der Waals surface area contributed by atoms with Crippen LogP contribution in [0.3, 0.4) is 0 Å². The minimum atomic E-state index is -0.949. The summed E-state index contributed by atoms with van der Waals surface area (Å²) < 4.78 is 14.7. The van der Waals surface area contributed by atoms with Gasteiger partial charge in [-0.3, -0.25) is 4.79 Å². The molecule has 1 amide bonds. The summed E-state index contributed by atoms with van der Waals surface area (Å²) in [6.45, 7) is 1.69. The summed E-state index contributed by atoms with van der Waals surface area (Å²) in [5.41, 5.74) is 0.714. The number of hydrogen-bond acceptors (Lipinski definition) is 7. The zero-order chi connectivity index (χ0) is 15.9. The third-order valence-electron chi connectivity index (χ3n) is 2.66. The van der Waals surface area contributed by atoms with E-state index in [-0.39, 0.29) is 19.0 Å². The molecule has 1 aromatic heterocycles. The number of amides is 1. The van der Waals surface area contributed by atoms with E-state index in [1.54, 1.807) is 38.3 Å². The summed E-state index contributed by atoms with van der Waals surface area (Å²) in [6, 6.07) is 7.15. The van der Waals surface area contributed by atoms with E-state index in [0.29, 0.717) is 17.1 Å². The van der Waals surface area contributed by atoms with E-state index in [2.05, 4.69) is 20.2 Å². The third-order valence-corrected chi connectivity index (χ3v) is 2.66. The molecule has 1 N–H and O–H groups in total. The first-order chi connectivity index (χ1) is 10.6. The van der Waals surface area contributed by atoms with Crippen LogP contribution >= 0.6 is 0 Å². The average molecular weight is 305 g/mol. The molecule has 0 radical (unpaired) electrons.